The van der Waals surface area contributed by atoms with Crippen molar-refractivity contribution in [2.45, 2.75) is 19.4 Å². The van der Waals surface area contributed by atoms with Crippen molar-refractivity contribution in [1.29, 1.82) is 0 Å². The zero-order valence-corrected chi connectivity index (χ0v) is 13.2. The van der Waals surface area contributed by atoms with Crippen molar-refractivity contribution in [2.75, 3.05) is 11.9 Å². The van der Waals surface area contributed by atoms with Gasteiger partial charge in [0.25, 0.3) is 5.91 Å². The van der Waals surface area contributed by atoms with Crippen LogP contribution in [0.15, 0.2) is 46.9 Å². The number of benzene rings is 2. The van der Waals surface area contributed by atoms with E-state index in [0.717, 1.165) is 40.7 Å². The number of carbonyl (C=O) groups excluding carboxylic acids is 1. The fourth-order valence-corrected chi connectivity index (χ4v) is 2.96. The molecule has 3 nitrogen and oxygen atoms in total. The second-order valence-electron chi connectivity index (χ2n) is 5.18. The van der Waals surface area contributed by atoms with Crippen molar-refractivity contribution in [3.05, 3.63) is 63.6 Å². The molecule has 0 bridgehead atoms. The fraction of sp³-hybridized carbons (Fsp3) is 0.235. The maximum absolute atomic E-state index is 12.3. The van der Waals surface area contributed by atoms with Crippen LogP contribution in [0.3, 0.4) is 0 Å². The molecule has 21 heavy (non-hydrogen) atoms. The summed E-state index contributed by atoms with van der Waals surface area (Å²) in [6.45, 7) is 1.54. The zero-order valence-electron chi connectivity index (χ0n) is 11.7. The minimum Gasteiger partial charge on any atom is -0.385 e. The smallest absolute Gasteiger partial charge is 0.251 e. The van der Waals surface area contributed by atoms with Crippen LogP contribution in [0.1, 0.15) is 27.9 Å². The Morgan fingerprint density at radius 1 is 1.24 bits per heavy atom. The maximum Gasteiger partial charge on any atom is 0.251 e. The van der Waals surface area contributed by atoms with Gasteiger partial charge in [-0.2, -0.15) is 0 Å². The van der Waals surface area contributed by atoms with Crippen molar-refractivity contribution < 1.29 is 4.79 Å². The van der Waals surface area contributed by atoms with E-state index in [9.17, 15) is 4.79 Å². The summed E-state index contributed by atoms with van der Waals surface area (Å²) in [7, 11) is 0. The van der Waals surface area contributed by atoms with E-state index >= 15 is 0 Å². The lowest BCUT2D eigenvalue weighted by Gasteiger charge is -2.18. The van der Waals surface area contributed by atoms with Gasteiger partial charge >= 0.3 is 0 Å². The van der Waals surface area contributed by atoms with Crippen LogP contribution < -0.4 is 10.6 Å². The second-order valence-corrected chi connectivity index (χ2v) is 6.03. The standard InChI is InChI=1S/C17H17BrN2O/c18-15-6-2-1-4-14(15)11-20-17(21)13-7-8-16-12(10-13)5-3-9-19-16/h1-2,4,6-8,10,19H,3,5,9,11H2,(H,20,21). The second kappa shape index (κ2) is 6.31. The highest BCUT2D eigenvalue weighted by atomic mass is 79.9. The van der Waals surface area contributed by atoms with E-state index in [1.54, 1.807) is 0 Å². The van der Waals surface area contributed by atoms with Crippen LogP contribution in [0.25, 0.3) is 0 Å². The van der Waals surface area contributed by atoms with E-state index < -0.39 is 0 Å². The van der Waals surface area contributed by atoms with Gasteiger partial charge in [-0.15, -0.1) is 0 Å². The first-order chi connectivity index (χ1) is 10.2. The summed E-state index contributed by atoms with van der Waals surface area (Å²) < 4.78 is 1.01. The highest BCUT2D eigenvalue weighted by molar-refractivity contribution is 9.10. The molecule has 3 rings (SSSR count). The molecule has 2 aromatic carbocycles. The lowest BCUT2D eigenvalue weighted by Crippen LogP contribution is -2.23. The van der Waals surface area contributed by atoms with Crippen molar-refractivity contribution in [3.63, 3.8) is 0 Å². The van der Waals surface area contributed by atoms with Gasteiger partial charge in [0.1, 0.15) is 0 Å². The topological polar surface area (TPSA) is 41.1 Å². The number of carbonyl (C=O) groups is 1. The Morgan fingerprint density at radius 3 is 2.95 bits per heavy atom. The van der Waals surface area contributed by atoms with Crippen molar-refractivity contribution in [2.24, 2.45) is 0 Å². The van der Waals surface area contributed by atoms with Crippen LogP contribution in [-0.2, 0) is 13.0 Å². The van der Waals surface area contributed by atoms with Gasteiger partial charge < -0.3 is 10.6 Å². The Balaban J connectivity index is 1.69. The number of hydrogen-bond donors (Lipinski definition) is 2. The summed E-state index contributed by atoms with van der Waals surface area (Å²) in [5.74, 6) is -0.0286. The van der Waals surface area contributed by atoms with Gasteiger partial charge in [0.05, 0.1) is 0 Å². The largest absolute Gasteiger partial charge is 0.385 e. The van der Waals surface area contributed by atoms with Gasteiger partial charge in [-0.1, -0.05) is 34.1 Å². The molecule has 0 aliphatic carbocycles. The van der Waals surface area contributed by atoms with Crippen LogP contribution in [0.2, 0.25) is 0 Å². The summed E-state index contributed by atoms with van der Waals surface area (Å²) >= 11 is 3.49. The van der Waals surface area contributed by atoms with Crippen LogP contribution in [0.4, 0.5) is 5.69 Å². The van der Waals surface area contributed by atoms with Crippen LogP contribution in [0.5, 0.6) is 0 Å². The van der Waals surface area contributed by atoms with E-state index in [1.165, 1.54) is 5.56 Å². The van der Waals surface area contributed by atoms with E-state index in [4.69, 9.17) is 0 Å². The van der Waals surface area contributed by atoms with Gasteiger partial charge in [-0.3, -0.25) is 4.79 Å². The number of aryl methyl sites for hydroxylation is 1. The van der Waals surface area contributed by atoms with Crippen LogP contribution in [0, 0.1) is 0 Å². The van der Waals surface area contributed by atoms with E-state index in [2.05, 4.69) is 26.6 Å². The number of halogens is 1. The number of fused-ring (bicyclic) bond motifs is 1. The lowest BCUT2D eigenvalue weighted by molar-refractivity contribution is 0.0951. The molecule has 0 fully saturated rings. The normalized spacial score (nSPS) is 13.2. The average molecular weight is 345 g/mol. The van der Waals surface area contributed by atoms with Gasteiger partial charge in [0.15, 0.2) is 0 Å². The van der Waals surface area contributed by atoms with E-state index in [0.29, 0.717) is 6.54 Å². The molecule has 0 atom stereocenters. The Bertz CT molecular complexity index is 670. The van der Waals surface area contributed by atoms with Crippen molar-refractivity contribution >= 4 is 27.5 Å². The molecule has 0 spiro atoms. The maximum atomic E-state index is 12.3. The number of rotatable bonds is 3. The van der Waals surface area contributed by atoms with Gasteiger partial charge in [-0.05, 0) is 48.2 Å². The van der Waals surface area contributed by atoms with Crippen molar-refractivity contribution in [3.8, 4) is 0 Å². The molecule has 0 saturated carbocycles. The number of amides is 1. The van der Waals surface area contributed by atoms with Gasteiger partial charge in [0, 0.05) is 28.8 Å². The summed E-state index contributed by atoms with van der Waals surface area (Å²) in [6.07, 6.45) is 2.16. The summed E-state index contributed by atoms with van der Waals surface area (Å²) in [5.41, 5.74) is 4.19. The lowest BCUT2D eigenvalue weighted by atomic mass is 10.0. The van der Waals surface area contributed by atoms with Crippen molar-refractivity contribution in [1.82, 2.24) is 5.32 Å². The summed E-state index contributed by atoms with van der Waals surface area (Å²) in [4.78, 5) is 12.3. The zero-order chi connectivity index (χ0) is 14.7. The monoisotopic (exact) mass is 344 g/mol. The molecule has 1 heterocycles. The molecule has 0 saturated heterocycles. The van der Waals surface area contributed by atoms with Crippen LogP contribution in [-0.4, -0.2) is 12.5 Å². The molecule has 1 aliphatic heterocycles. The van der Waals surface area contributed by atoms with Gasteiger partial charge in [0.2, 0.25) is 0 Å². The molecule has 0 aromatic heterocycles. The average Bonchev–Trinajstić information content (AvgIpc) is 2.53. The molecule has 1 aliphatic rings. The van der Waals surface area contributed by atoms with E-state index in [-0.39, 0.29) is 5.91 Å². The predicted molar refractivity (Wildman–Crippen MR) is 88.6 cm³/mol. The number of anilines is 1. The Labute approximate surface area is 132 Å². The summed E-state index contributed by atoms with van der Waals surface area (Å²) in [6, 6.07) is 13.8. The number of hydrogen-bond acceptors (Lipinski definition) is 2. The predicted octanol–water partition coefficient (Wildman–Crippen LogP) is 3.74. The molecular weight excluding hydrogens is 328 g/mol. The minimum absolute atomic E-state index is 0.0286. The molecule has 2 aromatic rings. The number of nitrogens with one attached hydrogen (secondary N) is 2. The quantitative estimate of drug-likeness (QED) is 0.890. The van der Waals surface area contributed by atoms with Crippen LogP contribution >= 0.6 is 15.9 Å². The van der Waals surface area contributed by atoms with Gasteiger partial charge in [-0.25, -0.2) is 0 Å². The highest BCUT2D eigenvalue weighted by Crippen LogP contribution is 2.23. The highest BCUT2D eigenvalue weighted by Gasteiger charge is 2.12. The third-order valence-corrected chi connectivity index (χ3v) is 4.48. The molecule has 108 valence electrons. The third kappa shape index (κ3) is 3.27. The Kier molecular flexibility index (Phi) is 4.25. The molecule has 1 amide bonds. The van der Waals surface area contributed by atoms with E-state index in [1.807, 2.05) is 42.5 Å². The third-order valence-electron chi connectivity index (χ3n) is 3.70. The first-order valence-electron chi connectivity index (χ1n) is 7.12. The first-order valence-corrected chi connectivity index (χ1v) is 7.92. The molecule has 2 N–H and O–H groups in total. The SMILES string of the molecule is O=C(NCc1ccccc1Br)c1ccc2c(c1)CCCN2. The molecular formula is C17H17BrN2O. The fourth-order valence-electron chi connectivity index (χ4n) is 2.54. The first kappa shape index (κ1) is 14.1. The molecule has 0 radical (unpaired) electrons. The minimum atomic E-state index is -0.0286. The Morgan fingerprint density at radius 2 is 2.10 bits per heavy atom. The molecule has 0 unspecified atom stereocenters. The Hall–Kier alpha value is -1.81. The molecule has 4 heteroatoms. The summed E-state index contributed by atoms with van der Waals surface area (Å²) in [5, 5.41) is 6.33.